The molecular formula is C25H17NO7. The molecule has 0 amide bonds. The largest absolute Gasteiger partial charge is 0.460 e. The van der Waals surface area contributed by atoms with Crippen molar-refractivity contribution in [3.63, 3.8) is 0 Å². The zero-order valence-corrected chi connectivity index (χ0v) is 17.4. The van der Waals surface area contributed by atoms with Crippen LogP contribution in [0.15, 0.2) is 88.3 Å². The van der Waals surface area contributed by atoms with Gasteiger partial charge in [-0.05, 0) is 42.8 Å². The normalized spacial score (nSPS) is 10.9. The Hall–Kier alpha value is -4.72. The van der Waals surface area contributed by atoms with Crippen LogP contribution in [0, 0.1) is 17.0 Å². The van der Waals surface area contributed by atoms with Gasteiger partial charge in [-0.3, -0.25) is 14.9 Å². The van der Waals surface area contributed by atoms with E-state index < -0.39 is 10.9 Å². The first kappa shape index (κ1) is 21.5. The van der Waals surface area contributed by atoms with Crippen LogP contribution in [0.1, 0.15) is 11.1 Å². The van der Waals surface area contributed by atoms with E-state index in [1.807, 2.05) is 19.1 Å². The minimum Gasteiger partial charge on any atom is -0.460 e. The molecule has 164 valence electrons. The average Bonchev–Trinajstić information content (AvgIpc) is 2.81. The van der Waals surface area contributed by atoms with Gasteiger partial charge in [0, 0.05) is 24.3 Å². The molecule has 33 heavy (non-hydrogen) atoms. The van der Waals surface area contributed by atoms with Crippen LogP contribution in [0.2, 0.25) is 0 Å². The van der Waals surface area contributed by atoms with Crippen molar-refractivity contribution in [1.82, 2.24) is 0 Å². The maximum atomic E-state index is 12.7. The van der Waals surface area contributed by atoms with Crippen molar-refractivity contribution in [2.24, 2.45) is 0 Å². The van der Waals surface area contributed by atoms with E-state index in [0.717, 1.165) is 11.6 Å². The van der Waals surface area contributed by atoms with Gasteiger partial charge in [-0.2, -0.15) is 0 Å². The molecular weight excluding hydrogens is 426 g/mol. The third kappa shape index (κ3) is 5.13. The average molecular weight is 443 g/mol. The Bertz CT molecular complexity index is 1440. The fraction of sp³-hybridized carbons (Fsp3) is 0.0400. The highest BCUT2D eigenvalue weighted by atomic mass is 16.6. The predicted octanol–water partition coefficient (Wildman–Crippen LogP) is 5.42. The first-order chi connectivity index (χ1) is 15.9. The van der Waals surface area contributed by atoms with E-state index in [1.165, 1.54) is 48.7 Å². The van der Waals surface area contributed by atoms with E-state index in [-0.39, 0.29) is 33.6 Å². The Morgan fingerprint density at radius 1 is 1.03 bits per heavy atom. The number of nitro groups is 1. The van der Waals surface area contributed by atoms with Crippen LogP contribution in [-0.4, -0.2) is 10.9 Å². The molecule has 0 spiro atoms. The number of carbonyl (C=O) groups excluding carboxylic acids is 1. The summed E-state index contributed by atoms with van der Waals surface area (Å²) in [7, 11) is 0. The highest BCUT2D eigenvalue weighted by Crippen LogP contribution is 2.24. The number of hydrogen-bond acceptors (Lipinski definition) is 7. The minimum absolute atomic E-state index is 0.0379. The van der Waals surface area contributed by atoms with Crippen molar-refractivity contribution in [1.29, 1.82) is 0 Å². The number of nitrogens with zero attached hydrogens (tertiary/aromatic N) is 1. The smallest absolute Gasteiger partial charge is 0.336 e. The predicted molar refractivity (Wildman–Crippen MR) is 122 cm³/mol. The summed E-state index contributed by atoms with van der Waals surface area (Å²) in [5.41, 5.74) is 1.33. The van der Waals surface area contributed by atoms with Crippen LogP contribution in [0.5, 0.6) is 17.2 Å². The molecule has 0 radical (unpaired) electrons. The van der Waals surface area contributed by atoms with Crippen LogP contribution in [-0.2, 0) is 4.79 Å². The van der Waals surface area contributed by atoms with Crippen molar-refractivity contribution in [2.45, 2.75) is 6.92 Å². The molecule has 0 saturated carbocycles. The van der Waals surface area contributed by atoms with Gasteiger partial charge in [-0.15, -0.1) is 0 Å². The molecule has 8 heteroatoms. The van der Waals surface area contributed by atoms with Crippen molar-refractivity contribution in [3.8, 4) is 17.2 Å². The summed E-state index contributed by atoms with van der Waals surface area (Å²) in [4.78, 5) is 35.2. The van der Waals surface area contributed by atoms with Crippen LogP contribution < -0.4 is 14.9 Å². The Morgan fingerprint density at radius 3 is 2.55 bits per heavy atom. The molecule has 4 aromatic rings. The number of esters is 1. The molecule has 1 heterocycles. The summed E-state index contributed by atoms with van der Waals surface area (Å²) in [5.74, 6) is 0.0263. The van der Waals surface area contributed by atoms with Gasteiger partial charge in [-0.1, -0.05) is 29.8 Å². The van der Waals surface area contributed by atoms with Gasteiger partial charge in [0.2, 0.25) is 11.2 Å². The maximum Gasteiger partial charge on any atom is 0.336 e. The number of hydrogen-bond donors (Lipinski definition) is 0. The van der Waals surface area contributed by atoms with Gasteiger partial charge in [0.25, 0.3) is 5.69 Å². The van der Waals surface area contributed by atoms with E-state index in [0.29, 0.717) is 11.3 Å². The van der Waals surface area contributed by atoms with Gasteiger partial charge in [-0.25, -0.2) is 4.79 Å². The molecule has 0 fully saturated rings. The lowest BCUT2D eigenvalue weighted by molar-refractivity contribution is -0.384. The van der Waals surface area contributed by atoms with Crippen LogP contribution in [0.25, 0.3) is 17.0 Å². The number of non-ortho nitro benzene ring substituents is 1. The molecule has 0 N–H and O–H groups in total. The van der Waals surface area contributed by atoms with Gasteiger partial charge in [0.1, 0.15) is 23.3 Å². The molecule has 3 aromatic carbocycles. The number of fused-ring (bicyclic) bond motifs is 1. The molecule has 0 unspecified atom stereocenters. The molecule has 0 aliphatic carbocycles. The molecule has 1 aromatic heterocycles. The lowest BCUT2D eigenvalue weighted by Crippen LogP contribution is -2.06. The van der Waals surface area contributed by atoms with E-state index in [4.69, 9.17) is 13.9 Å². The topological polar surface area (TPSA) is 109 Å². The SMILES string of the molecule is Cc1ccc(Oc2coc3cc(OC(=O)C=Cc4cccc([N+](=O)[O-])c4)ccc3c2=O)cc1. The van der Waals surface area contributed by atoms with Gasteiger partial charge < -0.3 is 13.9 Å². The first-order valence-electron chi connectivity index (χ1n) is 9.83. The minimum atomic E-state index is -0.692. The Balaban J connectivity index is 1.49. The molecule has 0 aliphatic rings. The highest BCUT2D eigenvalue weighted by molar-refractivity contribution is 5.89. The monoisotopic (exact) mass is 443 g/mol. The summed E-state index contributed by atoms with van der Waals surface area (Å²) in [5, 5.41) is 11.1. The Kier molecular flexibility index (Phi) is 5.99. The van der Waals surface area contributed by atoms with Crippen LogP contribution in [0.4, 0.5) is 5.69 Å². The number of rotatable bonds is 6. The zero-order valence-electron chi connectivity index (χ0n) is 17.4. The van der Waals surface area contributed by atoms with E-state index >= 15 is 0 Å². The van der Waals surface area contributed by atoms with Gasteiger partial charge in [0.15, 0.2) is 0 Å². The van der Waals surface area contributed by atoms with Gasteiger partial charge in [0.05, 0.1) is 10.3 Å². The van der Waals surface area contributed by atoms with Crippen molar-refractivity contribution >= 4 is 28.7 Å². The molecule has 4 rings (SSSR count). The Labute approximate surface area is 187 Å². The van der Waals surface area contributed by atoms with Crippen LogP contribution >= 0.6 is 0 Å². The zero-order chi connectivity index (χ0) is 23.4. The fourth-order valence-corrected chi connectivity index (χ4v) is 3.01. The third-order valence-electron chi connectivity index (χ3n) is 4.67. The molecule has 8 nitrogen and oxygen atoms in total. The fourth-order valence-electron chi connectivity index (χ4n) is 3.01. The second kappa shape index (κ2) is 9.19. The summed E-state index contributed by atoms with van der Waals surface area (Å²) in [6, 6.07) is 17.4. The number of nitro benzene ring substituents is 1. The third-order valence-corrected chi connectivity index (χ3v) is 4.67. The summed E-state index contributed by atoms with van der Waals surface area (Å²) in [6.07, 6.45) is 3.77. The second-order valence-corrected chi connectivity index (χ2v) is 7.11. The van der Waals surface area contributed by atoms with E-state index in [2.05, 4.69) is 0 Å². The Morgan fingerprint density at radius 2 is 1.79 bits per heavy atom. The first-order valence-corrected chi connectivity index (χ1v) is 9.83. The summed E-state index contributed by atoms with van der Waals surface area (Å²) >= 11 is 0. The van der Waals surface area contributed by atoms with Crippen molar-refractivity contribution < 1.29 is 23.6 Å². The quantitative estimate of drug-likeness (QED) is 0.129. The van der Waals surface area contributed by atoms with E-state index in [9.17, 15) is 19.7 Å². The standard InChI is InChI=1S/C25H17NO7/c1-16-5-8-19(9-6-16)32-23-15-31-22-14-20(10-11-21(22)25(23)28)33-24(27)12-7-17-3-2-4-18(13-17)26(29)30/h2-15H,1H3. The molecule has 0 saturated heterocycles. The molecule has 0 bridgehead atoms. The molecule has 0 aliphatic heterocycles. The van der Waals surface area contributed by atoms with Crippen molar-refractivity contribution in [3.05, 3.63) is 111 Å². The number of carbonyl (C=O) groups is 1. The van der Waals surface area contributed by atoms with E-state index in [1.54, 1.807) is 18.2 Å². The lowest BCUT2D eigenvalue weighted by atomic mass is 10.2. The number of ether oxygens (including phenoxy) is 2. The van der Waals surface area contributed by atoms with Crippen LogP contribution in [0.3, 0.4) is 0 Å². The van der Waals surface area contributed by atoms with Crippen molar-refractivity contribution in [2.75, 3.05) is 0 Å². The highest BCUT2D eigenvalue weighted by Gasteiger charge is 2.11. The summed E-state index contributed by atoms with van der Waals surface area (Å²) in [6.45, 7) is 1.95. The molecule has 0 atom stereocenters. The van der Waals surface area contributed by atoms with Gasteiger partial charge >= 0.3 is 5.97 Å². The summed E-state index contributed by atoms with van der Waals surface area (Å²) < 4.78 is 16.4. The second-order valence-electron chi connectivity index (χ2n) is 7.11. The number of benzene rings is 3. The lowest BCUT2D eigenvalue weighted by Gasteiger charge is -2.07. The maximum absolute atomic E-state index is 12.7. The number of aryl methyl sites for hydroxylation is 1.